The van der Waals surface area contributed by atoms with Gasteiger partial charge in [-0.1, -0.05) is 15.9 Å². The summed E-state index contributed by atoms with van der Waals surface area (Å²) < 4.78 is 41.0. The number of allylic oxidation sites excluding steroid dienone is 1. The number of hydrogen-bond donors (Lipinski definition) is 0. The lowest BCUT2D eigenvalue weighted by atomic mass is 10.0. The van der Waals surface area contributed by atoms with Gasteiger partial charge in [0.1, 0.15) is 5.94 Å². The van der Waals surface area contributed by atoms with E-state index in [-0.39, 0.29) is 6.61 Å². The van der Waals surface area contributed by atoms with Crippen LogP contribution in [0.25, 0.3) is 0 Å². The van der Waals surface area contributed by atoms with E-state index in [2.05, 4.69) is 20.7 Å². The molecule has 0 rings (SSSR count). The van der Waals surface area contributed by atoms with Gasteiger partial charge >= 0.3 is 12.1 Å². The Morgan fingerprint density at radius 1 is 1.56 bits per heavy atom. The molecule has 0 aliphatic carbocycles. The Labute approximate surface area is 98.8 Å². The van der Waals surface area contributed by atoms with Gasteiger partial charge in [0.2, 0.25) is 0 Å². The number of ether oxygens (including phenoxy) is 1. The highest BCUT2D eigenvalue weighted by molar-refractivity contribution is 9.09. The van der Waals surface area contributed by atoms with Crippen LogP contribution in [0.4, 0.5) is 13.2 Å². The van der Waals surface area contributed by atoms with Crippen molar-refractivity contribution in [2.75, 3.05) is 6.61 Å². The number of alkyl halides is 4. The highest BCUT2D eigenvalue weighted by atomic mass is 79.9. The van der Waals surface area contributed by atoms with Crippen LogP contribution in [-0.2, 0) is 14.3 Å². The molecule has 0 saturated heterocycles. The van der Waals surface area contributed by atoms with Crippen molar-refractivity contribution >= 4 is 27.8 Å². The second kappa shape index (κ2) is 6.70. The fourth-order valence-electron chi connectivity index (χ4n) is 1.01. The SMILES string of the molecule is CCOC(=O)C(CC(F)(F)F)C(Br)C=C=O. The van der Waals surface area contributed by atoms with Gasteiger partial charge in [0, 0.05) is 6.08 Å². The molecular formula is C9H10BrF3O3. The molecule has 0 spiro atoms. The average molecular weight is 303 g/mol. The van der Waals surface area contributed by atoms with Gasteiger partial charge < -0.3 is 4.74 Å². The summed E-state index contributed by atoms with van der Waals surface area (Å²) in [6.07, 6.45) is -5.03. The van der Waals surface area contributed by atoms with Gasteiger partial charge in [0.05, 0.1) is 23.8 Å². The Morgan fingerprint density at radius 3 is 2.50 bits per heavy atom. The van der Waals surface area contributed by atoms with Crippen molar-refractivity contribution in [2.45, 2.75) is 24.3 Å². The van der Waals surface area contributed by atoms with Crippen LogP contribution in [0.15, 0.2) is 6.08 Å². The van der Waals surface area contributed by atoms with Crippen LogP contribution in [-0.4, -0.2) is 29.5 Å². The molecule has 2 atom stereocenters. The standard InChI is InChI=1S/C9H10BrF3O3/c1-2-16-8(15)6(5-9(11,12)13)7(10)3-4-14/h3,6-7H,2,5H2,1H3. The zero-order valence-corrected chi connectivity index (χ0v) is 9.97. The molecule has 16 heavy (non-hydrogen) atoms. The van der Waals surface area contributed by atoms with E-state index in [1.54, 1.807) is 0 Å². The third-order valence-corrected chi connectivity index (χ3v) is 2.55. The third-order valence-electron chi connectivity index (χ3n) is 1.65. The van der Waals surface area contributed by atoms with E-state index in [0.29, 0.717) is 0 Å². The maximum atomic E-state index is 12.2. The minimum atomic E-state index is -4.50. The Hall–Kier alpha value is -0.810. The van der Waals surface area contributed by atoms with E-state index in [1.807, 2.05) is 0 Å². The summed E-state index contributed by atoms with van der Waals surface area (Å²) in [6.45, 7) is 1.47. The molecule has 7 heteroatoms. The van der Waals surface area contributed by atoms with E-state index in [9.17, 15) is 22.8 Å². The summed E-state index contributed by atoms with van der Waals surface area (Å²) in [5, 5.41) is 0. The molecule has 0 radical (unpaired) electrons. The highest BCUT2D eigenvalue weighted by Crippen LogP contribution is 2.30. The molecular weight excluding hydrogens is 293 g/mol. The van der Waals surface area contributed by atoms with E-state index in [0.717, 1.165) is 6.08 Å². The first-order valence-corrected chi connectivity index (χ1v) is 5.31. The topological polar surface area (TPSA) is 43.4 Å². The Kier molecular flexibility index (Phi) is 6.36. The zero-order valence-electron chi connectivity index (χ0n) is 8.38. The number of hydrogen-bond acceptors (Lipinski definition) is 3. The number of carbonyl (C=O) groups excluding carboxylic acids is 2. The predicted molar refractivity (Wildman–Crippen MR) is 53.8 cm³/mol. The largest absolute Gasteiger partial charge is 0.466 e. The molecule has 0 aliphatic rings. The summed E-state index contributed by atoms with van der Waals surface area (Å²) in [5.41, 5.74) is 0. The van der Waals surface area contributed by atoms with E-state index in [1.165, 1.54) is 12.9 Å². The lowest BCUT2D eigenvalue weighted by Gasteiger charge is -2.19. The summed E-state index contributed by atoms with van der Waals surface area (Å²) in [5.74, 6) is -1.13. The summed E-state index contributed by atoms with van der Waals surface area (Å²) >= 11 is 2.81. The molecule has 0 bridgehead atoms. The summed E-state index contributed by atoms with van der Waals surface area (Å²) in [7, 11) is 0. The van der Waals surface area contributed by atoms with Crippen molar-refractivity contribution in [3.05, 3.63) is 6.08 Å². The molecule has 0 heterocycles. The van der Waals surface area contributed by atoms with Crippen LogP contribution in [0.1, 0.15) is 13.3 Å². The van der Waals surface area contributed by atoms with Gasteiger partial charge in [-0.3, -0.25) is 4.79 Å². The minimum absolute atomic E-state index is 0.0162. The van der Waals surface area contributed by atoms with Crippen molar-refractivity contribution in [2.24, 2.45) is 5.92 Å². The maximum Gasteiger partial charge on any atom is 0.390 e. The number of halogens is 4. The predicted octanol–water partition coefficient (Wildman–Crippen LogP) is 2.27. The maximum absolute atomic E-state index is 12.2. The number of esters is 1. The summed E-state index contributed by atoms with van der Waals surface area (Å²) in [6, 6.07) is 0. The Morgan fingerprint density at radius 2 is 2.12 bits per heavy atom. The van der Waals surface area contributed by atoms with E-state index >= 15 is 0 Å². The normalized spacial score (nSPS) is 14.8. The first kappa shape index (κ1) is 15.2. The molecule has 2 unspecified atom stereocenters. The van der Waals surface area contributed by atoms with Gasteiger partial charge in [-0.15, -0.1) is 0 Å². The third kappa shape index (κ3) is 5.92. The van der Waals surface area contributed by atoms with Gasteiger partial charge in [0.15, 0.2) is 0 Å². The van der Waals surface area contributed by atoms with Crippen molar-refractivity contribution in [3.8, 4) is 0 Å². The molecule has 92 valence electrons. The molecule has 0 aromatic heterocycles. The van der Waals surface area contributed by atoms with Crippen LogP contribution in [0.2, 0.25) is 0 Å². The van der Waals surface area contributed by atoms with Crippen molar-refractivity contribution in [1.82, 2.24) is 0 Å². The quantitative estimate of drug-likeness (QED) is 0.444. The van der Waals surface area contributed by atoms with Gasteiger partial charge in [-0.25, -0.2) is 4.79 Å². The zero-order chi connectivity index (χ0) is 12.8. The molecule has 0 fully saturated rings. The van der Waals surface area contributed by atoms with Crippen LogP contribution in [0.3, 0.4) is 0 Å². The smallest absolute Gasteiger partial charge is 0.390 e. The molecule has 0 N–H and O–H groups in total. The van der Waals surface area contributed by atoms with Gasteiger partial charge in [-0.05, 0) is 6.92 Å². The molecule has 0 aromatic rings. The van der Waals surface area contributed by atoms with Crippen molar-refractivity contribution in [3.63, 3.8) is 0 Å². The van der Waals surface area contributed by atoms with E-state index < -0.39 is 29.3 Å². The molecule has 3 nitrogen and oxygen atoms in total. The van der Waals surface area contributed by atoms with Crippen LogP contribution in [0.5, 0.6) is 0 Å². The highest BCUT2D eigenvalue weighted by Gasteiger charge is 2.39. The lowest BCUT2D eigenvalue weighted by molar-refractivity contribution is -0.166. The van der Waals surface area contributed by atoms with Crippen molar-refractivity contribution < 1.29 is 27.5 Å². The first-order chi connectivity index (χ1) is 7.31. The van der Waals surface area contributed by atoms with E-state index in [4.69, 9.17) is 0 Å². The second-order valence-corrected chi connectivity index (χ2v) is 3.96. The van der Waals surface area contributed by atoms with Crippen LogP contribution >= 0.6 is 15.9 Å². The number of carbonyl (C=O) groups is 1. The van der Waals surface area contributed by atoms with Crippen LogP contribution < -0.4 is 0 Å². The summed E-state index contributed by atoms with van der Waals surface area (Å²) in [4.78, 5) is 20.2. The lowest BCUT2D eigenvalue weighted by Crippen LogP contribution is -2.30. The minimum Gasteiger partial charge on any atom is -0.466 e. The molecule has 0 amide bonds. The molecule has 0 aromatic carbocycles. The average Bonchev–Trinajstić information content (AvgIpc) is 2.13. The van der Waals surface area contributed by atoms with Gasteiger partial charge in [-0.2, -0.15) is 13.2 Å². The molecule has 0 aliphatic heterocycles. The monoisotopic (exact) mass is 302 g/mol. The first-order valence-electron chi connectivity index (χ1n) is 4.40. The fourth-order valence-corrected chi connectivity index (χ4v) is 1.52. The van der Waals surface area contributed by atoms with Gasteiger partial charge in [0.25, 0.3) is 0 Å². The molecule has 0 saturated carbocycles. The van der Waals surface area contributed by atoms with Crippen LogP contribution in [0, 0.1) is 5.92 Å². The Bertz CT molecular complexity index is 284. The Balaban J connectivity index is 4.75. The number of rotatable bonds is 5. The second-order valence-electron chi connectivity index (χ2n) is 2.91. The van der Waals surface area contributed by atoms with Crippen molar-refractivity contribution in [1.29, 1.82) is 0 Å². The fraction of sp³-hybridized carbons (Fsp3) is 0.667.